The third-order valence-electron chi connectivity index (χ3n) is 3.15. The van der Waals surface area contributed by atoms with Crippen molar-refractivity contribution in [2.75, 3.05) is 6.61 Å². The molecule has 0 aliphatic carbocycles. The van der Waals surface area contributed by atoms with Crippen molar-refractivity contribution >= 4 is 12.1 Å². The number of hydrogen-bond acceptors (Lipinski definition) is 4. The number of carbonyl (C=O) groups excluding carboxylic acids is 1. The van der Waals surface area contributed by atoms with Gasteiger partial charge in [-0.15, -0.1) is 0 Å². The first kappa shape index (κ1) is 16.2. The molecular weight excluding hydrogens is 290 g/mol. The van der Waals surface area contributed by atoms with Gasteiger partial charge in [0.2, 0.25) is 0 Å². The van der Waals surface area contributed by atoms with Gasteiger partial charge in [0.15, 0.2) is 6.61 Å². The first-order valence-electron chi connectivity index (χ1n) is 7.10. The molecule has 2 rings (SSSR count). The third-order valence-corrected chi connectivity index (χ3v) is 3.15. The number of nitrogens with zero attached hydrogens (tertiary/aromatic N) is 2. The van der Waals surface area contributed by atoms with Crippen molar-refractivity contribution in [1.82, 2.24) is 5.43 Å². The molecule has 0 aliphatic heterocycles. The average Bonchev–Trinajstić information content (AvgIpc) is 2.56. The molecule has 0 fully saturated rings. The molecule has 1 amide bonds. The summed E-state index contributed by atoms with van der Waals surface area (Å²) in [7, 11) is 0. The zero-order valence-electron chi connectivity index (χ0n) is 13.0. The smallest absolute Gasteiger partial charge is 0.277 e. The van der Waals surface area contributed by atoms with Gasteiger partial charge in [-0.2, -0.15) is 10.4 Å². The normalized spacial score (nSPS) is 10.3. The van der Waals surface area contributed by atoms with Crippen molar-refractivity contribution in [2.24, 2.45) is 5.10 Å². The van der Waals surface area contributed by atoms with Crippen molar-refractivity contribution in [1.29, 1.82) is 5.26 Å². The molecule has 116 valence electrons. The number of hydrogen-bond donors (Lipinski definition) is 1. The molecule has 0 aromatic heterocycles. The molecule has 0 spiro atoms. The lowest BCUT2D eigenvalue weighted by molar-refractivity contribution is -0.123. The molecule has 0 radical (unpaired) electrons. The highest BCUT2D eigenvalue weighted by atomic mass is 16.5. The minimum absolute atomic E-state index is 0.102. The van der Waals surface area contributed by atoms with Crippen LogP contribution < -0.4 is 10.2 Å². The van der Waals surface area contributed by atoms with Crippen LogP contribution in [0.3, 0.4) is 0 Å². The second-order valence-corrected chi connectivity index (χ2v) is 5.08. The van der Waals surface area contributed by atoms with E-state index >= 15 is 0 Å². The summed E-state index contributed by atoms with van der Waals surface area (Å²) in [4.78, 5) is 11.7. The van der Waals surface area contributed by atoms with E-state index in [4.69, 9.17) is 10.00 Å². The van der Waals surface area contributed by atoms with Crippen molar-refractivity contribution in [3.05, 3.63) is 64.7 Å². The van der Waals surface area contributed by atoms with Crippen LogP contribution in [-0.2, 0) is 4.79 Å². The van der Waals surface area contributed by atoms with Gasteiger partial charge < -0.3 is 4.74 Å². The van der Waals surface area contributed by atoms with E-state index < -0.39 is 0 Å². The summed E-state index contributed by atoms with van der Waals surface area (Å²) in [5.74, 6) is 0.354. The van der Waals surface area contributed by atoms with Crippen molar-refractivity contribution in [3.8, 4) is 11.8 Å². The van der Waals surface area contributed by atoms with Crippen molar-refractivity contribution in [2.45, 2.75) is 13.8 Å². The summed E-state index contributed by atoms with van der Waals surface area (Å²) >= 11 is 0. The Kier molecular flexibility index (Phi) is 5.48. The Morgan fingerprint density at radius 3 is 2.70 bits per heavy atom. The summed E-state index contributed by atoms with van der Waals surface area (Å²) in [6.45, 7) is 3.79. The molecule has 0 saturated heterocycles. The van der Waals surface area contributed by atoms with E-state index in [0.717, 1.165) is 16.7 Å². The molecule has 23 heavy (non-hydrogen) atoms. The molecule has 0 bridgehead atoms. The lowest BCUT2D eigenvalue weighted by atomic mass is 10.1. The summed E-state index contributed by atoms with van der Waals surface area (Å²) in [5.41, 5.74) is 5.82. The van der Waals surface area contributed by atoms with E-state index in [1.807, 2.05) is 38.1 Å². The van der Waals surface area contributed by atoms with Crippen LogP contribution in [0.15, 0.2) is 47.6 Å². The molecule has 2 aromatic rings. The Balaban J connectivity index is 1.83. The van der Waals surface area contributed by atoms with Crippen LogP contribution >= 0.6 is 0 Å². The number of nitrogens with one attached hydrogen (secondary N) is 1. The topological polar surface area (TPSA) is 74.5 Å². The minimum atomic E-state index is -0.337. The van der Waals surface area contributed by atoms with Crippen LogP contribution in [0.2, 0.25) is 0 Å². The van der Waals surface area contributed by atoms with E-state index in [0.29, 0.717) is 11.3 Å². The second-order valence-electron chi connectivity index (χ2n) is 5.08. The van der Waals surface area contributed by atoms with E-state index in [9.17, 15) is 4.79 Å². The first-order chi connectivity index (χ1) is 11.1. The maximum Gasteiger partial charge on any atom is 0.277 e. The standard InChI is InChI=1S/C18H17N3O2/c1-13-3-4-14(2)17(9-13)23-12-18(22)21-20-11-16-7-5-15(10-19)6-8-16/h3-9,11H,12H2,1-2H3,(H,21,22)/b20-11+. The van der Waals surface area contributed by atoms with Gasteiger partial charge in [0.05, 0.1) is 17.8 Å². The van der Waals surface area contributed by atoms with Gasteiger partial charge in [-0.3, -0.25) is 4.79 Å². The summed E-state index contributed by atoms with van der Waals surface area (Å²) in [5, 5.41) is 12.6. The van der Waals surface area contributed by atoms with E-state index in [1.54, 1.807) is 24.3 Å². The van der Waals surface area contributed by atoms with Crippen molar-refractivity contribution in [3.63, 3.8) is 0 Å². The van der Waals surface area contributed by atoms with Crippen LogP contribution in [-0.4, -0.2) is 18.7 Å². The zero-order chi connectivity index (χ0) is 16.7. The highest BCUT2D eigenvalue weighted by Gasteiger charge is 2.04. The fraction of sp³-hybridized carbons (Fsp3) is 0.167. The molecule has 5 heteroatoms. The summed E-state index contributed by atoms with van der Waals surface area (Å²) < 4.78 is 5.49. The van der Waals surface area contributed by atoms with Crippen molar-refractivity contribution < 1.29 is 9.53 Å². The predicted molar refractivity (Wildman–Crippen MR) is 88.3 cm³/mol. The Morgan fingerprint density at radius 1 is 1.26 bits per heavy atom. The van der Waals surface area contributed by atoms with Gasteiger partial charge in [0.25, 0.3) is 5.91 Å². The van der Waals surface area contributed by atoms with Crippen LogP contribution in [0.25, 0.3) is 0 Å². The van der Waals surface area contributed by atoms with Crippen LogP contribution in [0.1, 0.15) is 22.3 Å². The van der Waals surface area contributed by atoms with Gasteiger partial charge in [0, 0.05) is 0 Å². The van der Waals surface area contributed by atoms with Gasteiger partial charge in [-0.25, -0.2) is 5.43 Å². The number of carbonyl (C=O) groups is 1. The second kappa shape index (κ2) is 7.76. The Bertz CT molecular complexity index is 759. The van der Waals surface area contributed by atoms with E-state index in [2.05, 4.69) is 10.5 Å². The maximum absolute atomic E-state index is 11.7. The van der Waals surface area contributed by atoms with Gasteiger partial charge in [0.1, 0.15) is 5.75 Å². The average molecular weight is 307 g/mol. The molecule has 0 heterocycles. The van der Waals surface area contributed by atoms with Crippen LogP contribution in [0.5, 0.6) is 5.75 Å². The Labute approximate surface area is 135 Å². The van der Waals surface area contributed by atoms with E-state index in [-0.39, 0.29) is 12.5 Å². The fourth-order valence-corrected chi connectivity index (χ4v) is 1.86. The number of ether oxygens (including phenoxy) is 1. The molecule has 0 aliphatic rings. The lowest BCUT2D eigenvalue weighted by Crippen LogP contribution is -2.24. The predicted octanol–water partition coefficient (Wildman–Crippen LogP) is 2.70. The van der Waals surface area contributed by atoms with Crippen LogP contribution in [0.4, 0.5) is 0 Å². The molecule has 1 N–H and O–H groups in total. The largest absolute Gasteiger partial charge is 0.483 e. The first-order valence-corrected chi connectivity index (χ1v) is 7.10. The monoisotopic (exact) mass is 307 g/mol. The highest BCUT2D eigenvalue weighted by molar-refractivity contribution is 5.83. The number of hydrazone groups is 1. The lowest BCUT2D eigenvalue weighted by Gasteiger charge is -2.08. The molecule has 0 atom stereocenters. The number of benzene rings is 2. The number of aryl methyl sites for hydroxylation is 2. The zero-order valence-corrected chi connectivity index (χ0v) is 13.0. The SMILES string of the molecule is Cc1ccc(C)c(OCC(=O)N/N=C/c2ccc(C#N)cc2)c1. The Hall–Kier alpha value is -3.13. The molecule has 5 nitrogen and oxygen atoms in total. The fourth-order valence-electron chi connectivity index (χ4n) is 1.86. The highest BCUT2D eigenvalue weighted by Crippen LogP contribution is 2.18. The maximum atomic E-state index is 11.7. The quantitative estimate of drug-likeness (QED) is 0.681. The van der Waals surface area contributed by atoms with E-state index in [1.165, 1.54) is 6.21 Å². The molecular formula is C18H17N3O2. The summed E-state index contributed by atoms with van der Waals surface area (Å²) in [6, 6.07) is 14.7. The van der Waals surface area contributed by atoms with Gasteiger partial charge >= 0.3 is 0 Å². The molecule has 0 unspecified atom stereocenters. The molecule has 2 aromatic carbocycles. The van der Waals surface area contributed by atoms with Gasteiger partial charge in [-0.05, 0) is 48.7 Å². The third kappa shape index (κ3) is 4.97. The van der Waals surface area contributed by atoms with Crippen LogP contribution in [0, 0.1) is 25.2 Å². The summed E-state index contributed by atoms with van der Waals surface area (Å²) in [6.07, 6.45) is 1.51. The number of rotatable bonds is 5. The van der Waals surface area contributed by atoms with Gasteiger partial charge in [-0.1, -0.05) is 24.3 Å². The number of nitriles is 1. The minimum Gasteiger partial charge on any atom is -0.483 e. The molecule has 0 saturated carbocycles. The Morgan fingerprint density at radius 2 is 2.00 bits per heavy atom. The number of amides is 1.